The van der Waals surface area contributed by atoms with Crippen molar-refractivity contribution >= 4 is 5.91 Å². The van der Waals surface area contributed by atoms with Gasteiger partial charge in [0.05, 0.1) is 6.54 Å². The van der Waals surface area contributed by atoms with Crippen molar-refractivity contribution in [3.05, 3.63) is 23.3 Å². The Balaban J connectivity index is 1.86. The highest BCUT2D eigenvalue weighted by Gasteiger charge is 2.21. The minimum atomic E-state index is -0.240. The van der Waals surface area contributed by atoms with Crippen LogP contribution in [0, 0.1) is 19.8 Å². The molecule has 0 saturated carbocycles. The van der Waals surface area contributed by atoms with E-state index in [9.17, 15) is 4.79 Å². The molecule has 1 amide bonds. The second-order valence-electron chi connectivity index (χ2n) is 5.46. The van der Waals surface area contributed by atoms with Crippen LogP contribution < -0.4 is 5.73 Å². The average molecular weight is 262 g/mol. The van der Waals surface area contributed by atoms with E-state index < -0.39 is 0 Å². The Morgan fingerprint density at radius 1 is 1.32 bits per heavy atom. The molecule has 1 aliphatic heterocycles. The molecule has 19 heavy (non-hydrogen) atoms. The third kappa shape index (κ3) is 4.28. The maximum atomic E-state index is 10.9. The highest BCUT2D eigenvalue weighted by molar-refractivity contribution is 5.75. The van der Waals surface area contributed by atoms with E-state index in [1.54, 1.807) is 0 Å². The van der Waals surface area contributed by atoms with Gasteiger partial charge in [0.1, 0.15) is 5.82 Å². The number of nitrogens with zero attached hydrogens (tertiary/aromatic N) is 3. The van der Waals surface area contributed by atoms with Gasteiger partial charge in [0.25, 0.3) is 0 Å². The lowest BCUT2D eigenvalue weighted by molar-refractivity contribution is -0.119. The second-order valence-corrected chi connectivity index (χ2v) is 5.46. The van der Waals surface area contributed by atoms with Gasteiger partial charge in [-0.05, 0) is 51.8 Å². The van der Waals surface area contributed by atoms with Crippen molar-refractivity contribution in [2.24, 2.45) is 11.7 Å². The van der Waals surface area contributed by atoms with Gasteiger partial charge >= 0.3 is 0 Å². The molecule has 0 spiro atoms. The molecule has 5 heteroatoms. The fourth-order valence-corrected chi connectivity index (χ4v) is 2.72. The van der Waals surface area contributed by atoms with Gasteiger partial charge in [-0.15, -0.1) is 0 Å². The third-order valence-electron chi connectivity index (χ3n) is 3.59. The zero-order valence-electron chi connectivity index (χ0n) is 11.7. The zero-order chi connectivity index (χ0) is 13.8. The number of amides is 1. The fraction of sp³-hybridized carbons (Fsp3) is 0.643. The summed E-state index contributed by atoms with van der Waals surface area (Å²) >= 11 is 0. The van der Waals surface area contributed by atoms with Crippen LogP contribution >= 0.6 is 0 Å². The Morgan fingerprint density at radius 3 is 2.42 bits per heavy atom. The van der Waals surface area contributed by atoms with Gasteiger partial charge in [0.15, 0.2) is 0 Å². The van der Waals surface area contributed by atoms with Gasteiger partial charge in [-0.3, -0.25) is 9.69 Å². The predicted molar refractivity (Wildman–Crippen MR) is 73.6 cm³/mol. The number of primary amides is 1. The second kappa shape index (κ2) is 6.10. The first-order valence-electron chi connectivity index (χ1n) is 6.85. The van der Waals surface area contributed by atoms with Crippen LogP contribution in [0.4, 0.5) is 0 Å². The molecule has 1 fully saturated rings. The molecule has 1 saturated heterocycles. The number of likely N-dealkylation sites (tertiary alicyclic amines) is 1. The van der Waals surface area contributed by atoms with Crippen LogP contribution in [0.1, 0.15) is 30.1 Å². The number of piperidine rings is 1. The molecule has 1 aromatic rings. The number of aromatic nitrogens is 2. The van der Waals surface area contributed by atoms with Crippen LogP contribution in [-0.4, -0.2) is 40.4 Å². The molecule has 5 nitrogen and oxygen atoms in total. The average Bonchev–Trinajstić information content (AvgIpc) is 2.29. The van der Waals surface area contributed by atoms with Crippen LogP contribution in [0.15, 0.2) is 6.07 Å². The summed E-state index contributed by atoms with van der Waals surface area (Å²) in [5.74, 6) is 1.33. The van der Waals surface area contributed by atoms with E-state index in [4.69, 9.17) is 5.73 Å². The number of nitrogens with two attached hydrogens (primary N) is 1. The molecule has 2 rings (SSSR count). The van der Waals surface area contributed by atoms with Gasteiger partial charge in [0.2, 0.25) is 5.91 Å². The number of rotatable bonds is 4. The molecule has 104 valence electrons. The van der Waals surface area contributed by atoms with Crippen molar-refractivity contribution in [2.45, 2.75) is 33.1 Å². The Hall–Kier alpha value is -1.49. The highest BCUT2D eigenvalue weighted by atomic mass is 16.1. The number of hydrogen-bond acceptors (Lipinski definition) is 4. The van der Waals surface area contributed by atoms with E-state index >= 15 is 0 Å². The van der Waals surface area contributed by atoms with Crippen LogP contribution in [-0.2, 0) is 11.2 Å². The van der Waals surface area contributed by atoms with Crippen molar-refractivity contribution in [2.75, 3.05) is 19.6 Å². The molecule has 1 aliphatic rings. The van der Waals surface area contributed by atoms with Crippen LogP contribution in [0.3, 0.4) is 0 Å². The largest absolute Gasteiger partial charge is 0.369 e. The lowest BCUT2D eigenvalue weighted by Gasteiger charge is -2.30. The van der Waals surface area contributed by atoms with Crippen molar-refractivity contribution in [1.29, 1.82) is 0 Å². The molecular weight excluding hydrogens is 240 g/mol. The lowest BCUT2D eigenvalue weighted by atomic mass is 9.93. The molecule has 2 N–H and O–H groups in total. The van der Waals surface area contributed by atoms with Crippen LogP contribution in [0.5, 0.6) is 0 Å². The minimum absolute atomic E-state index is 0.240. The molecule has 0 radical (unpaired) electrons. The van der Waals surface area contributed by atoms with Gasteiger partial charge in [-0.1, -0.05) is 0 Å². The Morgan fingerprint density at radius 2 is 1.89 bits per heavy atom. The molecule has 0 atom stereocenters. The summed E-state index contributed by atoms with van der Waals surface area (Å²) in [5, 5.41) is 0. The maximum Gasteiger partial charge on any atom is 0.231 e. The van der Waals surface area contributed by atoms with E-state index in [1.165, 1.54) is 0 Å². The lowest BCUT2D eigenvalue weighted by Crippen LogP contribution is -2.40. The monoisotopic (exact) mass is 262 g/mol. The van der Waals surface area contributed by atoms with E-state index in [0.29, 0.717) is 12.5 Å². The standard InChI is InChI=1S/C14H22N4O/c1-10-7-11(2)17-14(16-10)8-12-3-5-18(6-4-12)9-13(15)19/h7,12H,3-6,8-9H2,1-2H3,(H2,15,19). The summed E-state index contributed by atoms with van der Waals surface area (Å²) < 4.78 is 0. The predicted octanol–water partition coefficient (Wildman–Crippen LogP) is 0.833. The van der Waals surface area contributed by atoms with E-state index in [0.717, 1.165) is 49.6 Å². The van der Waals surface area contributed by atoms with Gasteiger partial charge in [-0.25, -0.2) is 9.97 Å². The molecular formula is C14H22N4O. The van der Waals surface area contributed by atoms with Crippen molar-refractivity contribution < 1.29 is 4.79 Å². The first kappa shape index (κ1) is 13.9. The SMILES string of the molecule is Cc1cc(C)nc(CC2CCN(CC(N)=O)CC2)n1. The first-order chi connectivity index (χ1) is 9.02. The summed E-state index contributed by atoms with van der Waals surface area (Å²) in [7, 11) is 0. The summed E-state index contributed by atoms with van der Waals surface area (Å²) in [5.41, 5.74) is 7.29. The van der Waals surface area contributed by atoms with Crippen molar-refractivity contribution in [3.63, 3.8) is 0 Å². The van der Waals surface area contributed by atoms with Gasteiger partial charge in [-0.2, -0.15) is 0 Å². The minimum Gasteiger partial charge on any atom is -0.369 e. The Kier molecular flexibility index (Phi) is 4.47. The molecule has 0 unspecified atom stereocenters. The normalized spacial score (nSPS) is 17.6. The maximum absolute atomic E-state index is 10.9. The topological polar surface area (TPSA) is 72.1 Å². The van der Waals surface area contributed by atoms with Crippen molar-refractivity contribution in [1.82, 2.24) is 14.9 Å². The van der Waals surface area contributed by atoms with E-state index in [2.05, 4.69) is 14.9 Å². The van der Waals surface area contributed by atoms with E-state index in [-0.39, 0.29) is 5.91 Å². The number of carbonyl (C=O) groups is 1. The van der Waals surface area contributed by atoms with E-state index in [1.807, 2.05) is 19.9 Å². The summed E-state index contributed by atoms with van der Waals surface area (Å²) in [4.78, 5) is 22.0. The smallest absolute Gasteiger partial charge is 0.231 e. The number of hydrogen-bond donors (Lipinski definition) is 1. The van der Waals surface area contributed by atoms with Gasteiger partial charge in [0, 0.05) is 17.8 Å². The Labute approximate surface area is 114 Å². The van der Waals surface area contributed by atoms with Crippen molar-refractivity contribution in [3.8, 4) is 0 Å². The molecule has 2 heterocycles. The first-order valence-corrected chi connectivity index (χ1v) is 6.85. The quantitative estimate of drug-likeness (QED) is 0.872. The highest BCUT2D eigenvalue weighted by Crippen LogP contribution is 2.20. The zero-order valence-corrected chi connectivity index (χ0v) is 11.7. The summed E-state index contributed by atoms with van der Waals surface area (Å²) in [6.07, 6.45) is 3.11. The Bertz CT molecular complexity index is 433. The molecule has 0 aliphatic carbocycles. The van der Waals surface area contributed by atoms with Crippen LogP contribution in [0.25, 0.3) is 0 Å². The fourth-order valence-electron chi connectivity index (χ4n) is 2.72. The summed E-state index contributed by atoms with van der Waals surface area (Å²) in [6, 6.07) is 2.00. The number of carbonyl (C=O) groups excluding carboxylic acids is 1. The number of aryl methyl sites for hydroxylation is 2. The third-order valence-corrected chi connectivity index (χ3v) is 3.59. The molecule has 0 bridgehead atoms. The van der Waals surface area contributed by atoms with Gasteiger partial charge < -0.3 is 5.73 Å². The molecule has 1 aromatic heterocycles. The summed E-state index contributed by atoms with van der Waals surface area (Å²) in [6.45, 7) is 6.28. The molecule has 0 aromatic carbocycles. The van der Waals surface area contributed by atoms with Crippen LogP contribution in [0.2, 0.25) is 0 Å².